The first-order valence-corrected chi connectivity index (χ1v) is 5.82. The van der Waals surface area contributed by atoms with Gasteiger partial charge in [-0.1, -0.05) is 24.3 Å². The lowest BCUT2D eigenvalue weighted by molar-refractivity contribution is -0.116. The maximum absolute atomic E-state index is 11.1. The van der Waals surface area contributed by atoms with Crippen LogP contribution in [0, 0.1) is 0 Å². The van der Waals surface area contributed by atoms with Crippen LogP contribution < -0.4 is 14.8 Å². The Labute approximate surface area is 106 Å². The molecular formula is C14H15NO3. The van der Waals surface area contributed by atoms with Gasteiger partial charge in [-0.2, -0.15) is 0 Å². The molecular weight excluding hydrogens is 230 g/mol. The van der Waals surface area contributed by atoms with Crippen molar-refractivity contribution in [1.82, 2.24) is 5.32 Å². The van der Waals surface area contributed by atoms with Crippen LogP contribution in [0.3, 0.4) is 0 Å². The third kappa shape index (κ3) is 3.13. The van der Waals surface area contributed by atoms with Gasteiger partial charge in [-0.05, 0) is 24.6 Å². The van der Waals surface area contributed by atoms with Gasteiger partial charge in [-0.15, -0.1) is 0 Å². The summed E-state index contributed by atoms with van der Waals surface area (Å²) >= 11 is 0. The first-order valence-electron chi connectivity index (χ1n) is 5.82. The van der Waals surface area contributed by atoms with Crippen LogP contribution in [0.5, 0.6) is 11.5 Å². The summed E-state index contributed by atoms with van der Waals surface area (Å²) in [6, 6.07) is 5.71. The van der Waals surface area contributed by atoms with Crippen LogP contribution in [0.2, 0.25) is 0 Å². The predicted octanol–water partition coefficient (Wildman–Crippen LogP) is 2.12. The van der Waals surface area contributed by atoms with E-state index in [0.29, 0.717) is 6.54 Å². The van der Waals surface area contributed by atoms with Gasteiger partial charge in [-0.3, -0.25) is 4.79 Å². The summed E-state index contributed by atoms with van der Waals surface area (Å²) in [4.78, 5) is 11.1. The van der Waals surface area contributed by atoms with E-state index in [-0.39, 0.29) is 12.7 Å². The Bertz CT molecular complexity index is 492. The van der Waals surface area contributed by atoms with Gasteiger partial charge in [0, 0.05) is 12.6 Å². The van der Waals surface area contributed by atoms with Gasteiger partial charge in [0.05, 0.1) is 0 Å². The molecule has 0 saturated carbocycles. The number of hydrogen-bond donors (Lipinski definition) is 1. The molecule has 1 heterocycles. The quantitative estimate of drug-likeness (QED) is 0.653. The molecule has 1 aliphatic heterocycles. The van der Waals surface area contributed by atoms with Crippen molar-refractivity contribution in [2.75, 3.05) is 13.3 Å². The molecule has 0 saturated heterocycles. The van der Waals surface area contributed by atoms with Gasteiger partial charge in [-0.25, -0.2) is 0 Å². The van der Waals surface area contributed by atoms with Crippen LogP contribution in [0.4, 0.5) is 0 Å². The van der Waals surface area contributed by atoms with Gasteiger partial charge in [0.2, 0.25) is 12.7 Å². The molecule has 4 nitrogen and oxygen atoms in total. The molecule has 0 fully saturated rings. The van der Waals surface area contributed by atoms with Crippen LogP contribution in [0.1, 0.15) is 12.5 Å². The monoisotopic (exact) mass is 245 g/mol. The standard InChI is InChI=1S/C14H15NO3/c1-2-15-14(16)6-4-3-5-11-7-8-12-13(9-11)18-10-17-12/h3-9H,2,10H2,1H3,(H,15,16)/b5-3+,6-4+. The molecule has 0 spiro atoms. The molecule has 1 N–H and O–H groups in total. The fourth-order valence-corrected chi connectivity index (χ4v) is 1.56. The fourth-order valence-electron chi connectivity index (χ4n) is 1.56. The van der Waals surface area contributed by atoms with E-state index < -0.39 is 0 Å². The van der Waals surface area contributed by atoms with E-state index >= 15 is 0 Å². The number of carbonyl (C=O) groups excluding carboxylic acids is 1. The van der Waals surface area contributed by atoms with Crippen molar-refractivity contribution in [3.8, 4) is 11.5 Å². The molecule has 1 aromatic carbocycles. The number of hydrogen-bond acceptors (Lipinski definition) is 3. The summed E-state index contributed by atoms with van der Waals surface area (Å²) in [5, 5.41) is 2.68. The SMILES string of the molecule is CCNC(=O)/C=C/C=C/c1ccc2c(c1)OCO2. The van der Waals surface area contributed by atoms with Crippen molar-refractivity contribution in [3.63, 3.8) is 0 Å². The molecule has 1 amide bonds. The maximum Gasteiger partial charge on any atom is 0.243 e. The van der Waals surface area contributed by atoms with E-state index in [1.54, 1.807) is 6.08 Å². The van der Waals surface area contributed by atoms with E-state index in [1.165, 1.54) is 6.08 Å². The van der Waals surface area contributed by atoms with E-state index in [4.69, 9.17) is 9.47 Å². The topological polar surface area (TPSA) is 47.6 Å². The van der Waals surface area contributed by atoms with E-state index in [1.807, 2.05) is 37.3 Å². The molecule has 1 aliphatic rings. The van der Waals surface area contributed by atoms with Crippen LogP contribution in [0.15, 0.2) is 36.4 Å². The number of carbonyl (C=O) groups is 1. The number of fused-ring (bicyclic) bond motifs is 1. The predicted molar refractivity (Wildman–Crippen MR) is 69.4 cm³/mol. The molecule has 2 rings (SSSR count). The van der Waals surface area contributed by atoms with Gasteiger partial charge in [0.25, 0.3) is 0 Å². The van der Waals surface area contributed by atoms with E-state index in [0.717, 1.165) is 17.1 Å². The molecule has 94 valence electrons. The summed E-state index contributed by atoms with van der Waals surface area (Å²) in [7, 11) is 0. The van der Waals surface area contributed by atoms with Crippen LogP contribution in [-0.2, 0) is 4.79 Å². The lowest BCUT2D eigenvalue weighted by Gasteiger charge is -1.96. The summed E-state index contributed by atoms with van der Waals surface area (Å²) in [6.45, 7) is 2.79. The minimum Gasteiger partial charge on any atom is -0.454 e. The molecule has 1 aromatic rings. The molecule has 0 aliphatic carbocycles. The van der Waals surface area contributed by atoms with Gasteiger partial charge >= 0.3 is 0 Å². The highest BCUT2D eigenvalue weighted by Gasteiger charge is 2.11. The number of rotatable bonds is 4. The van der Waals surface area contributed by atoms with Crippen molar-refractivity contribution in [2.45, 2.75) is 6.92 Å². The molecule has 0 radical (unpaired) electrons. The molecule has 0 atom stereocenters. The number of ether oxygens (including phenoxy) is 2. The van der Waals surface area contributed by atoms with Crippen LogP contribution in [0.25, 0.3) is 6.08 Å². The summed E-state index contributed by atoms with van der Waals surface area (Å²) in [5.74, 6) is 1.43. The second-order valence-corrected chi connectivity index (χ2v) is 3.73. The lowest BCUT2D eigenvalue weighted by atomic mass is 10.2. The second-order valence-electron chi connectivity index (χ2n) is 3.73. The minimum absolute atomic E-state index is 0.0900. The number of likely N-dealkylation sites (N-methyl/N-ethyl adjacent to an activating group) is 1. The molecule has 0 unspecified atom stereocenters. The minimum atomic E-state index is -0.0900. The second kappa shape index (κ2) is 5.91. The van der Waals surface area contributed by atoms with Crippen molar-refractivity contribution in [2.24, 2.45) is 0 Å². The Kier molecular flexibility index (Phi) is 4.02. The Hall–Kier alpha value is -2.23. The average Bonchev–Trinajstić information content (AvgIpc) is 2.82. The van der Waals surface area contributed by atoms with E-state index in [9.17, 15) is 4.79 Å². The van der Waals surface area contributed by atoms with Crippen LogP contribution in [-0.4, -0.2) is 19.2 Å². The van der Waals surface area contributed by atoms with Gasteiger partial charge in [0.1, 0.15) is 0 Å². The summed E-state index contributed by atoms with van der Waals surface area (Å²) in [6.07, 6.45) is 6.91. The van der Waals surface area contributed by atoms with Crippen LogP contribution >= 0.6 is 0 Å². The van der Waals surface area contributed by atoms with Gasteiger partial charge < -0.3 is 14.8 Å². The number of amides is 1. The fraction of sp³-hybridized carbons (Fsp3) is 0.214. The maximum atomic E-state index is 11.1. The third-order valence-corrected chi connectivity index (χ3v) is 2.40. The summed E-state index contributed by atoms with van der Waals surface area (Å²) in [5.41, 5.74) is 1.000. The Morgan fingerprint density at radius 3 is 3.00 bits per heavy atom. The van der Waals surface area contributed by atoms with E-state index in [2.05, 4.69) is 5.32 Å². The van der Waals surface area contributed by atoms with Crippen molar-refractivity contribution in [3.05, 3.63) is 42.0 Å². The number of nitrogens with one attached hydrogen (secondary N) is 1. The first-order chi connectivity index (χ1) is 8.79. The first kappa shape index (κ1) is 12.2. The highest BCUT2D eigenvalue weighted by molar-refractivity contribution is 5.87. The number of allylic oxidation sites excluding steroid dienone is 2. The molecule has 0 bridgehead atoms. The highest BCUT2D eigenvalue weighted by Crippen LogP contribution is 2.32. The average molecular weight is 245 g/mol. The summed E-state index contributed by atoms with van der Waals surface area (Å²) < 4.78 is 10.5. The van der Waals surface area contributed by atoms with Crippen molar-refractivity contribution >= 4 is 12.0 Å². The molecule has 0 aromatic heterocycles. The Balaban J connectivity index is 1.95. The smallest absolute Gasteiger partial charge is 0.243 e. The Morgan fingerprint density at radius 2 is 2.17 bits per heavy atom. The zero-order chi connectivity index (χ0) is 12.8. The van der Waals surface area contributed by atoms with Gasteiger partial charge in [0.15, 0.2) is 11.5 Å². The molecule has 4 heteroatoms. The number of benzene rings is 1. The lowest BCUT2D eigenvalue weighted by Crippen LogP contribution is -2.19. The molecule has 18 heavy (non-hydrogen) atoms. The van der Waals surface area contributed by atoms with Crippen molar-refractivity contribution < 1.29 is 14.3 Å². The Morgan fingerprint density at radius 1 is 1.33 bits per heavy atom. The zero-order valence-corrected chi connectivity index (χ0v) is 10.2. The van der Waals surface area contributed by atoms with Crippen molar-refractivity contribution in [1.29, 1.82) is 0 Å². The largest absolute Gasteiger partial charge is 0.454 e. The highest BCUT2D eigenvalue weighted by atomic mass is 16.7. The zero-order valence-electron chi connectivity index (χ0n) is 10.2. The third-order valence-electron chi connectivity index (χ3n) is 2.40. The normalized spacial score (nSPS) is 13.4.